The number of benzene rings is 1. The van der Waals surface area contributed by atoms with E-state index in [4.69, 9.17) is 11.6 Å². The van der Waals surface area contributed by atoms with Gasteiger partial charge < -0.3 is 14.6 Å². The number of thiazole rings is 1. The molecule has 1 aliphatic rings. The fourth-order valence-electron chi connectivity index (χ4n) is 3.42. The molecule has 0 fully saturated rings. The molecule has 0 spiro atoms. The van der Waals surface area contributed by atoms with Gasteiger partial charge in [0.25, 0.3) is 5.91 Å². The van der Waals surface area contributed by atoms with E-state index in [1.807, 2.05) is 24.3 Å². The second-order valence-electron chi connectivity index (χ2n) is 6.63. The summed E-state index contributed by atoms with van der Waals surface area (Å²) in [6, 6.07) is 7.66. The van der Waals surface area contributed by atoms with Gasteiger partial charge in [0.05, 0.1) is 5.56 Å². The molecule has 1 aliphatic heterocycles. The molecule has 0 saturated heterocycles. The van der Waals surface area contributed by atoms with Gasteiger partial charge in [0.1, 0.15) is 5.01 Å². The molecule has 3 aromatic rings. The maximum absolute atomic E-state index is 12.9. The molecular formula is C20H19Cl2N3O3S. The second kappa shape index (κ2) is 8.98. The van der Waals surface area contributed by atoms with Crippen LogP contribution in [0.1, 0.15) is 22.5 Å². The first kappa shape index (κ1) is 21.4. The molecule has 4 rings (SSSR count). The first-order valence-electron chi connectivity index (χ1n) is 8.94. The summed E-state index contributed by atoms with van der Waals surface area (Å²) in [6.07, 6.45) is 4.80. The van der Waals surface area contributed by atoms with E-state index >= 15 is 0 Å². The van der Waals surface area contributed by atoms with E-state index in [0.717, 1.165) is 18.4 Å². The van der Waals surface area contributed by atoms with Gasteiger partial charge in [0.15, 0.2) is 11.4 Å². The molecule has 1 aromatic carbocycles. The van der Waals surface area contributed by atoms with Crippen molar-refractivity contribution in [1.82, 2.24) is 14.5 Å². The number of halogens is 2. The van der Waals surface area contributed by atoms with Crippen molar-refractivity contribution in [3.63, 3.8) is 0 Å². The van der Waals surface area contributed by atoms with E-state index in [9.17, 15) is 14.7 Å². The molecule has 2 aromatic heterocycles. The number of amides is 1. The van der Waals surface area contributed by atoms with E-state index in [-0.39, 0.29) is 24.0 Å². The van der Waals surface area contributed by atoms with Crippen LogP contribution in [0, 0.1) is 0 Å². The molecule has 0 aliphatic carbocycles. The van der Waals surface area contributed by atoms with Crippen molar-refractivity contribution in [3.8, 4) is 16.3 Å². The highest BCUT2D eigenvalue weighted by atomic mass is 35.5. The lowest BCUT2D eigenvalue weighted by Gasteiger charge is -2.30. The molecule has 152 valence electrons. The quantitative estimate of drug-likeness (QED) is 0.639. The largest absolute Gasteiger partial charge is 0.503 e. The number of aryl methyl sites for hydroxylation is 1. The Morgan fingerprint density at radius 3 is 2.79 bits per heavy atom. The van der Waals surface area contributed by atoms with Crippen molar-refractivity contribution in [3.05, 3.63) is 68.5 Å². The fraction of sp³-hybridized carbons (Fsp3) is 0.250. The number of aromatic hydroxyl groups is 1. The van der Waals surface area contributed by atoms with Gasteiger partial charge in [-0.25, -0.2) is 4.98 Å². The summed E-state index contributed by atoms with van der Waals surface area (Å²) in [5.74, 6) is -0.824. The zero-order valence-corrected chi connectivity index (χ0v) is 17.8. The Hall–Kier alpha value is -2.35. The van der Waals surface area contributed by atoms with Crippen molar-refractivity contribution < 1.29 is 9.90 Å². The minimum Gasteiger partial charge on any atom is -0.503 e. The first-order valence-corrected chi connectivity index (χ1v) is 10.2. The molecule has 0 unspecified atom stereocenters. The van der Waals surface area contributed by atoms with Crippen LogP contribution in [0.15, 0.2) is 46.8 Å². The summed E-state index contributed by atoms with van der Waals surface area (Å²) in [4.78, 5) is 31.2. The summed E-state index contributed by atoms with van der Waals surface area (Å²) in [5, 5.41) is 13.4. The Morgan fingerprint density at radius 2 is 2.07 bits per heavy atom. The van der Waals surface area contributed by atoms with E-state index in [2.05, 4.69) is 4.98 Å². The van der Waals surface area contributed by atoms with Crippen LogP contribution >= 0.6 is 35.3 Å². The predicted molar refractivity (Wildman–Crippen MR) is 116 cm³/mol. The maximum Gasteiger partial charge on any atom is 0.274 e. The van der Waals surface area contributed by atoms with Gasteiger partial charge in [0.2, 0.25) is 5.43 Å². The van der Waals surface area contributed by atoms with Gasteiger partial charge in [-0.1, -0.05) is 23.7 Å². The molecule has 9 heteroatoms. The number of hydrogen-bond donors (Lipinski definition) is 1. The predicted octanol–water partition coefficient (Wildman–Crippen LogP) is 3.84. The zero-order chi connectivity index (χ0) is 19.7. The minimum atomic E-state index is -0.560. The van der Waals surface area contributed by atoms with Crippen molar-refractivity contribution in [1.29, 1.82) is 0 Å². The molecule has 29 heavy (non-hydrogen) atoms. The summed E-state index contributed by atoms with van der Waals surface area (Å²) in [7, 11) is 0. The van der Waals surface area contributed by atoms with E-state index < -0.39 is 11.2 Å². The normalized spacial score (nSPS) is 13.1. The zero-order valence-electron chi connectivity index (χ0n) is 15.4. The van der Waals surface area contributed by atoms with E-state index in [1.54, 1.807) is 27.2 Å². The molecular weight excluding hydrogens is 433 g/mol. The SMILES string of the molecule is Cl.O=C1c2c(O)c(=O)c(-c3nccs3)cn2CCN1CCCc1cccc(Cl)c1. The maximum atomic E-state index is 12.9. The standard InChI is InChI=1S/C20H18ClN3O3S.ClH/c21-14-5-1-3-13(11-14)4-2-7-23-8-9-24-12-15(19-22-6-10-28-19)17(25)18(26)16(24)20(23)27;/h1,3,5-6,10-12,26H,2,4,7-9H2;1H. The van der Waals surface area contributed by atoms with Gasteiger partial charge in [-0.05, 0) is 30.5 Å². The first-order chi connectivity index (χ1) is 13.5. The number of fused-ring (bicyclic) bond motifs is 1. The fourth-order valence-corrected chi connectivity index (χ4v) is 4.28. The molecule has 3 heterocycles. The lowest BCUT2D eigenvalue weighted by Crippen LogP contribution is -2.42. The highest BCUT2D eigenvalue weighted by Gasteiger charge is 2.29. The molecule has 0 bridgehead atoms. The molecule has 0 saturated carbocycles. The molecule has 1 amide bonds. The Balaban J connectivity index is 0.00000240. The van der Waals surface area contributed by atoms with Crippen LogP contribution < -0.4 is 5.43 Å². The third kappa shape index (κ3) is 4.32. The van der Waals surface area contributed by atoms with Crippen LogP contribution in [0.4, 0.5) is 0 Å². The van der Waals surface area contributed by atoms with Gasteiger partial charge in [-0.15, -0.1) is 23.7 Å². The van der Waals surface area contributed by atoms with Crippen molar-refractivity contribution in [2.45, 2.75) is 19.4 Å². The lowest BCUT2D eigenvalue weighted by molar-refractivity contribution is 0.0695. The van der Waals surface area contributed by atoms with Crippen LogP contribution in [-0.2, 0) is 13.0 Å². The number of rotatable bonds is 5. The third-order valence-electron chi connectivity index (χ3n) is 4.80. The summed E-state index contributed by atoms with van der Waals surface area (Å²) in [6.45, 7) is 1.60. The average Bonchev–Trinajstić information content (AvgIpc) is 3.21. The van der Waals surface area contributed by atoms with Crippen LogP contribution in [0.2, 0.25) is 5.02 Å². The Morgan fingerprint density at radius 1 is 1.24 bits per heavy atom. The highest BCUT2D eigenvalue weighted by molar-refractivity contribution is 7.13. The monoisotopic (exact) mass is 451 g/mol. The topological polar surface area (TPSA) is 75.4 Å². The second-order valence-corrected chi connectivity index (χ2v) is 7.96. The number of pyridine rings is 1. The minimum absolute atomic E-state index is 0. The third-order valence-corrected chi connectivity index (χ3v) is 5.84. The van der Waals surface area contributed by atoms with Crippen LogP contribution in [0.25, 0.3) is 10.6 Å². The number of hydrogen-bond acceptors (Lipinski definition) is 5. The van der Waals surface area contributed by atoms with Crippen LogP contribution in [0.3, 0.4) is 0 Å². The number of carbonyl (C=O) groups excluding carboxylic acids is 1. The van der Waals surface area contributed by atoms with E-state index in [0.29, 0.717) is 35.2 Å². The summed E-state index contributed by atoms with van der Waals surface area (Å²) in [5.41, 5.74) is 0.928. The summed E-state index contributed by atoms with van der Waals surface area (Å²) < 4.78 is 1.66. The van der Waals surface area contributed by atoms with Gasteiger partial charge >= 0.3 is 0 Å². The Labute approximate surface area is 182 Å². The van der Waals surface area contributed by atoms with Gasteiger partial charge in [-0.2, -0.15) is 0 Å². The van der Waals surface area contributed by atoms with E-state index in [1.165, 1.54) is 11.3 Å². The Bertz CT molecular complexity index is 1080. The average molecular weight is 452 g/mol. The molecule has 0 radical (unpaired) electrons. The smallest absolute Gasteiger partial charge is 0.274 e. The number of aromatic nitrogens is 2. The Kier molecular flexibility index (Phi) is 6.62. The number of nitrogens with zero attached hydrogens (tertiary/aromatic N) is 3. The van der Waals surface area contributed by atoms with Crippen molar-refractivity contribution in [2.24, 2.45) is 0 Å². The van der Waals surface area contributed by atoms with Gasteiger partial charge in [0, 0.05) is 42.4 Å². The van der Waals surface area contributed by atoms with Crippen LogP contribution in [-0.4, -0.2) is 38.6 Å². The highest BCUT2D eigenvalue weighted by Crippen LogP contribution is 2.26. The number of carbonyl (C=O) groups is 1. The van der Waals surface area contributed by atoms with Crippen molar-refractivity contribution >= 4 is 41.3 Å². The molecule has 1 N–H and O–H groups in total. The molecule has 0 atom stereocenters. The lowest BCUT2D eigenvalue weighted by atomic mass is 10.1. The molecule has 6 nitrogen and oxygen atoms in total. The van der Waals surface area contributed by atoms with Gasteiger partial charge in [-0.3, -0.25) is 9.59 Å². The summed E-state index contributed by atoms with van der Waals surface area (Å²) >= 11 is 7.33. The van der Waals surface area contributed by atoms with Crippen LogP contribution in [0.5, 0.6) is 5.75 Å². The van der Waals surface area contributed by atoms with Crippen molar-refractivity contribution in [2.75, 3.05) is 13.1 Å².